The third-order valence-corrected chi connectivity index (χ3v) is 3.80. The van der Waals surface area contributed by atoms with Gasteiger partial charge < -0.3 is 9.73 Å². The molecule has 0 radical (unpaired) electrons. The molecular formula is C19H16N4O3S. The van der Waals surface area contributed by atoms with Crippen LogP contribution in [0.25, 0.3) is 11.3 Å². The molecule has 0 unspecified atom stereocenters. The molecule has 27 heavy (non-hydrogen) atoms. The van der Waals surface area contributed by atoms with Gasteiger partial charge in [-0.25, -0.2) is 0 Å². The Morgan fingerprint density at radius 3 is 2.78 bits per heavy atom. The van der Waals surface area contributed by atoms with E-state index in [2.05, 4.69) is 15.8 Å². The maximum Gasteiger partial charge on any atom is 0.270 e. The van der Waals surface area contributed by atoms with Crippen molar-refractivity contribution in [3.05, 3.63) is 82.1 Å². The number of aryl methyl sites for hydroxylation is 1. The van der Waals surface area contributed by atoms with E-state index in [0.29, 0.717) is 22.2 Å². The Kier molecular flexibility index (Phi) is 5.58. The number of nitrogens with one attached hydrogen (secondary N) is 2. The quantitative estimate of drug-likeness (QED) is 0.293. The molecule has 1 heterocycles. The monoisotopic (exact) mass is 380 g/mol. The van der Waals surface area contributed by atoms with Crippen molar-refractivity contribution in [2.45, 2.75) is 6.92 Å². The Morgan fingerprint density at radius 1 is 1.19 bits per heavy atom. The zero-order valence-electron chi connectivity index (χ0n) is 14.4. The van der Waals surface area contributed by atoms with Gasteiger partial charge in [0.1, 0.15) is 11.5 Å². The molecule has 0 aliphatic rings. The Hall–Kier alpha value is -3.52. The Balaban J connectivity index is 1.61. The molecule has 0 amide bonds. The molecule has 0 fully saturated rings. The first-order valence-corrected chi connectivity index (χ1v) is 8.43. The lowest BCUT2D eigenvalue weighted by Gasteiger charge is -2.07. The van der Waals surface area contributed by atoms with Crippen LogP contribution in [-0.2, 0) is 0 Å². The van der Waals surface area contributed by atoms with Crippen LogP contribution in [0.15, 0.2) is 70.2 Å². The van der Waals surface area contributed by atoms with Gasteiger partial charge in [-0.05, 0) is 49.0 Å². The van der Waals surface area contributed by atoms with Crippen LogP contribution in [0.1, 0.15) is 11.3 Å². The third-order valence-electron chi connectivity index (χ3n) is 3.60. The second-order valence-electron chi connectivity index (χ2n) is 5.70. The summed E-state index contributed by atoms with van der Waals surface area (Å²) in [6, 6.07) is 17.5. The van der Waals surface area contributed by atoms with E-state index in [1.165, 1.54) is 18.3 Å². The number of hydrogen-bond donors (Lipinski definition) is 2. The zero-order chi connectivity index (χ0) is 19.2. The smallest absolute Gasteiger partial charge is 0.270 e. The lowest BCUT2D eigenvalue weighted by atomic mass is 10.1. The van der Waals surface area contributed by atoms with Crippen LogP contribution < -0.4 is 10.7 Å². The SMILES string of the molecule is Cc1cccc(NC(=S)NN=Cc2ccc(-c3cccc([N+](=O)[O-])c3)o2)c1. The summed E-state index contributed by atoms with van der Waals surface area (Å²) in [5.74, 6) is 1.00. The van der Waals surface area contributed by atoms with Crippen molar-refractivity contribution < 1.29 is 9.34 Å². The topological polar surface area (TPSA) is 92.7 Å². The van der Waals surface area contributed by atoms with Crippen molar-refractivity contribution in [2.75, 3.05) is 5.32 Å². The van der Waals surface area contributed by atoms with Gasteiger partial charge in [0.05, 0.1) is 11.1 Å². The predicted molar refractivity (Wildman–Crippen MR) is 109 cm³/mol. The maximum atomic E-state index is 10.9. The highest BCUT2D eigenvalue weighted by Crippen LogP contribution is 2.25. The molecule has 0 atom stereocenters. The first kappa shape index (κ1) is 18.3. The second-order valence-corrected chi connectivity index (χ2v) is 6.11. The van der Waals surface area contributed by atoms with Gasteiger partial charge in [-0.3, -0.25) is 15.5 Å². The summed E-state index contributed by atoms with van der Waals surface area (Å²) in [7, 11) is 0. The molecule has 2 aromatic carbocycles. The number of non-ortho nitro benzene ring substituents is 1. The first-order valence-electron chi connectivity index (χ1n) is 8.03. The van der Waals surface area contributed by atoms with E-state index in [-0.39, 0.29) is 5.69 Å². The summed E-state index contributed by atoms with van der Waals surface area (Å²) < 4.78 is 5.64. The minimum atomic E-state index is -0.444. The van der Waals surface area contributed by atoms with E-state index in [4.69, 9.17) is 16.6 Å². The molecule has 1 aromatic heterocycles. The first-order chi connectivity index (χ1) is 13.0. The number of nitro benzene ring substituents is 1. The second kappa shape index (κ2) is 8.24. The van der Waals surface area contributed by atoms with Crippen molar-refractivity contribution in [3.63, 3.8) is 0 Å². The summed E-state index contributed by atoms with van der Waals surface area (Å²) in [6.45, 7) is 2.00. The molecular weight excluding hydrogens is 364 g/mol. The molecule has 7 nitrogen and oxygen atoms in total. The highest BCUT2D eigenvalue weighted by Gasteiger charge is 2.09. The molecule has 0 spiro atoms. The largest absolute Gasteiger partial charge is 0.455 e. The molecule has 0 saturated heterocycles. The summed E-state index contributed by atoms with van der Waals surface area (Å²) >= 11 is 5.18. The van der Waals surface area contributed by atoms with Crippen LogP contribution >= 0.6 is 12.2 Å². The lowest BCUT2D eigenvalue weighted by Crippen LogP contribution is -2.23. The van der Waals surface area contributed by atoms with Crippen molar-refractivity contribution in [2.24, 2.45) is 5.10 Å². The fourth-order valence-electron chi connectivity index (χ4n) is 2.39. The summed E-state index contributed by atoms with van der Waals surface area (Å²) in [6.07, 6.45) is 1.48. The van der Waals surface area contributed by atoms with Crippen LogP contribution in [0.2, 0.25) is 0 Å². The number of hydrogen-bond acceptors (Lipinski definition) is 5. The average molecular weight is 380 g/mol. The number of anilines is 1. The molecule has 0 bridgehead atoms. The van der Waals surface area contributed by atoms with Gasteiger partial charge in [-0.2, -0.15) is 5.10 Å². The fraction of sp³-hybridized carbons (Fsp3) is 0.0526. The summed E-state index contributed by atoms with van der Waals surface area (Å²) in [4.78, 5) is 10.4. The van der Waals surface area contributed by atoms with Crippen LogP contribution in [0.4, 0.5) is 11.4 Å². The number of rotatable bonds is 5. The van der Waals surface area contributed by atoms with Crippen molar-refractivity contribution in [1.29, 1.82) is 0 Å². The maximum absolute atomic E-state index is 10.9. The van der Waals surface area contributed by atoms with Crippen LogP contribution in [-0.4, -0.2) is 16.3 Å². The van der Waals surface area contributed by atoms with Crippen molar-refractivity contribution in [1.82, 2.24) is 5.43 Å². The van der Waals surface area contributed by atoms with E-state index >= 15 is 0 Å². The van der Waals surface area contributed by atoms with Gasteiger partial charge in [0, 0.05) is 23.4 Å². The highest BCUT2D eigenvalue weighted by molar-refractivity contribution is 7.80. The van der Waals surface area contributed by atoms with E-state index in [1.807, 2.05) is 31.2 Å². The summed E-state index contributed by atoms with van der Waals surface area (Å²) in [5.41, 5.74) is 5.33. The van der Waals surface area contributed by atoms with Crippen molar-refractivity contribution >= 4 is 34.9 Å². The summed E-state index contributed by atoms with van der Waals surface area (Å²) in [5, 5.41) is 18.3. The number of thiocarbonyl (C=S) groups is 1. The van der Waals surface area contributed by atoms with Crippen LogP contribution in [0.5, 0.6) is 0 Å². The Morgan fingerprint density at radius 2 is 2.00 bits per heavy atom. The Bertz CT molecular complexity index is 1010. The minimum Gasteiger partial charge on any atom is -0.455 e. The number of benzene rings is 2. The van der Waals surface area contributed by atoms with E-state index in [9.17, 15) is 10.1 Å². The minimum absolute atomic E-state index is 0.00774. The zero-order valence-corrected chi connectivity index (χ0v) is 15.2. The van der Waals surface area contributed by atoms with Crippen LogP contribution in [0, 0.1) is 17.0 Å². The third kappa shape index (κ3) is 4.99. The van der Waals surface area contributed by atoms with E-state index < -0.39 is 4.92 Å². The molecule has 136 valence electrons. The molecule has 3 rings (SSSR count). The molecule has 2 N–H and O–H groups in total. The molecule has 0 aliphatic heterocycles. The number of furan rings is 1. The molecule has 8 heteroatoms. The van der Waals surface area contributed by atoms with Gasteiger partial charge in [-0.1, -0.05) is 24.3 Å². The fourth-order valence-corrected chi connectivity index (χ4v) is 2.56. The highest BCUT2D eigenvalue weighted by atomic mass is 32.1. The number of nitrogens with zero attached hydrogens (tertiary/aromatic N) is 2. The van der Waals surface area contributed by atoms with Crippen molar-refractivity contribution in [3.8, 4) is 11.3 Å². The van der Waals surface area contributed by atoms with Gasteiger partial charge in [0.15, 0.2) is 5.11 Å². The number of hydrazone groups is 1. The molecule has 0 saturated carbocycles. The molecule has 3 aromatic rings. The standard InChI is InChI=1S/C19H16N4O3S/c1-13-4-2-6-15(10-13)21-19(27)22-20-12-17-8-9-18(26-17)14-5-3-7-16(11-14)23(24)25/h2-12H,1H3,(H2,21,22,27). The van der Waals surface area contributed by atoms with Crippen LogP contribution in [0.3, 0.4) is 0 Å². The average Bonchev–Trinajstić information content (AvgIpc) is 3.11. The normalized spacial score (nSPS) is 10.7. The van der Waals surface area contributed by atoms with Gasteiger partial charge in [-0.15, -0.1) is 0 Å². The van der Waals surface area contributed by atoms with Gasteiger partial charge >= 0.3 is 0 Å². The lowest BCUT2D eigenvalue weighted by molar-refractivity contribution is -0.384. The van der Waals surface area contributed by atoms with E-state index in [0.717, 1.165) is 11.3 Å². The predicted octanol–water partition coefficient (Wildman–Crippen LogP) is 4.48. The number of nitro groups is 1. The molecule has 0 aliphatic carbocycles. The Labute approximate surface area is 160 Å². The van der Waals surface area contributed by atoms with Gasteiger partial charge in [0.2, 0.25) is 0 Å². The van der Waals surface area contributed by atoms with Gasteiger partial charge in [0.25, 0.3) is 5.69 Å². The van der Waals surface area contributed by atoms with E-state index in [1.54, 1.807) is 24.3 Å².